The second-order valence-electron chi connectivity index (χ2n) is 7.62. The Balaban J connectivity index is 1.91. The van der Waals surface area contributed by atoms with E-state index in [1.807, 2.05) is 6.07 Å². The first-order valence-corrected chi connectivity index (χ1v) is 10.6. The highest BCUT2D eigenvalue weighted by Crippen LogP contribution is 2.46. The van der Waals surface area contributed by atoms with Gasteiger partial charge in [-0.1, -0.05) is 61.8 Å². The maximum atomic E-state index is 13.1. The molecule has 5 nitrogen and oxygen atoms in total. The largest absolute Gasteiger partial charge is 0.328 e. The molecule has 0 amide bonds. The van der Waals surface area contributed by atoms with E-state index in [2.05, 4.69) is 36.2 Å². The zero-order valence-electron chi connectivity index (χ0n) is 15.3. The normalized spacial score (nSPS) is 20.9. The van der Waals surface area contributed by atoms with E-state index in [9.17, 15) is 4.79 Å². The summed E-state index contributed by atoms with van der Waals surface area (Å²) in [6, 6.07) is 4.97. The smallest absolute Gasteiger partial charge is 0.227 e. The van der Waals surface area contributed by atoms with E-state index in [0.29, 0.717) is 27.6 Å². The van der Waals surface area contributed by atoms with Crippen molar-refractivity contribution in [1.29, 1.82) is 0 Å². The van der Waals surface area contributed by atoms with Crippen molar-refractivity contribution in [3.8, 4) is 0 Å². The number of nitrogens with zero attached hydrogens (tertiary/aromatic N) is 3. The van der Waals surface area contributed by atoms with Crippen LogP contribution in [0.3, 0.4) is 0 Å². The lowest BCUT2D eigenvalue weighted by Gasteiger charge is -2.38. The first kappa shape index (κ1) is 18.8. The highest BCUT2D eigenvalue weighted by molar-refractivity contribution is 7.99. The van der Waals surface area contributed by atoms with Crippen molar-refractivity contribution in [2.24, 2.45) is 5.41 Å². The van der Waals surface area contributed by atoms with Gasteiger partial charge in [0.1, 0.15) is 6.04 Å². The van der Waals surface area contributed by atoms with Crippen LogP contribution in [0.15, 0.2) is 34.6 Å². The van der Waals surface area contributed by atoms with E-state index < -0.39 is 6.04 Å². The Kier molecular flexibility index (Phi) is 4.77. The maximum Gasteiger partial charge on any atom is 0.227 e. The molecule has 142 valence electrons. The molecule has 4 rings (SSSR count). The van der Waals surface area contributed by atoms with Crippen molar-refractivity contribution in [1.82, 2.24) is 14.8 Å². The standard InChI is InChI=1S/C19H20Cl2N4OS/c1-4-27-18-23-17-22-13-8-19(2,3)9-14(26)15(13)16(25(17)24-18)11-6-5-10(20)7-12(11)21/h5-7,16H,4,8-9H2,1-3H3,(H,22,23,24). The van der Waals surface area contributed by atoms with Gasteiger partial charge in [0.25, 0.3) is 0 Å². The van der Waals surface area contributed by atoms with Gasteiger partial charge in [-0.05, 0) is 29.7 Å². The molecule has 0 saturated carbocycles. The molecule has 1 unspecified atom stereocenters. The van der Waals surface area contributed by atoms with Gasteiger partial charge in [0.2, 0.25) is 11.1 Å². The van der Waals surface area contributed by atoms with Gasteiger partial charge in [-0.3, -0.25) is 4.79 Å². The first-order valence-electron chi connectivity index (χ1n) is 8.86. The van der Waals surface area contributed by atoms with Crippen molar-refractivity contribution in [3.63, 3.8) is 0 Å². The molecule has 1 aliphatic carbocycles. The second-order valence-corrected chi connectivity index (χ2v) is 9.70. The number of hydrogen-bond acceptors (Lipinski definition) is 5. The van der Waals surface area contributed by atoms with Crippen LogP contribution in [-0.2, 0) is 4.79 Å². The molecule has 0 saturated heterocycles. The van der Waals surface area contributed by atoms with Crippen molar-refractivity contribution in [2.75, 3.05) is 11.1 Å². The van der Waals surface area contributed by atoms with Crippen molar-refractivity contribution >= 4 is 46.7 Å². The third-order valence-electron chi connectivity index (χ3n) is 4.84. The molecule has 1 aromatic carbocycles. The zero-order chi connectivity index (χ0) is 19.3. The van der Waals surface area contributed by atoms with Crippen LogP contribution in [0.25, 0.3) is 0 Å². The number of Topliss-reactive ketones (excluding diaryl/α,β-unsaturated/α-hetero) is 1. The molecular formula is C19H20Cl2N4OS. The number of anilines is 1. The molecular weight excluding hydrogens is 403 g/mol. The van der Waals surface area contributed by atoms with Crippen LogP contribution in [0.5, 0.6) is 0 Å². The van der Waals surface area contributed by atoms with Crippen LogP contribution in [0.4, 0.5) is 5.95 Å². The summed E-state index contributed by atoms with van der Waals surface area (Å²) in [6.07, 6.45) is 1.27. The average molecular weight is 423 g/mol. The molecule has 2 aliphatic rings. The van der Waals surface area contributed by atoms with Gasteiger partial charge in [-0.2, -0.15) is 4.98 Å². The Morgan fingerprint density at radius 2 is 2.11 bits per heavy atom. The Hall–Kier alpha value is -1.50. The molecule has 1 aliphatic heterocycles. The minimum absolute atomic E-state index is 0.0968. The molecule has 1 atom stereocenters. The van der Waals surface area contributed by atoms with E-state index in [0.717, 1.165) is 29.0 Å². The summed E-state index contributed by atoms with van der Waals surface area (Å²) < 4.78 is 1.78. The number of aromatic nitrogens is 3. The summed E-state index contributed by atoms with van der Waals surface area (Å²) in [5, 5.41) is 9.77. The van der Waals surface area contributed by atoms with Gasteiger partial charge in [0.15, 0.2) is 5.78 Å². The molecule has 2 heterocycles. The van der Waals surface area contributed by atoms with Gasteiger partial charge in [0, 0.05) is 33.3 Å². The predicted octanol–water partition coefficient (Wildman–Crippen LogP) is 5.36. The average Bonchev–Trinajstić information content (AvgIpc) is 2.94. The summed E-state index contributed by atoms with van der Waals surface area (Å²) in [7, 11) is 0. The number of ketones is 1. The molecule has 1 aromatic heterocycles. The molecule has 0 bridgehead atoms. The molecule has 0 fully saturated rings. The Labute approximate surface area is 172 Å². The molecule has 1 N–H and O–H groups in total. The fourth-order valence-corrected chi connectivity index (χ4v) is 4.86. The lowest BCUT2D eigenvalue weighted by Crippen LogP contribution is -2.36. The van der Waals surface area contributed by atoms with Gasteiger partial charge in [0.05, 0.1) is 0 Å². The van der Waals surface area contributed by atoms with Gasteiger partial charge < -0.3 is 5.32 Å². The number of thioether (sulfide) groups is 1. The predicted molar refractivity (Wildman–Crippen MR) is 110 cm³/mol. The minimum Gasteiger partial charge on any atom is -0.328 e. The van der Waals surface area contributed by atoms with E-state index in [1.54, 1.807) is 28.6 Å². The van der Waals surface area contributed by atoms with Crippen LogP contribution in [-0.4, -0.2) is 26.3 Å². The molecule has 27 heavy (non-hydrogen) atoms. The number of carbonyl (C=O) groups excluding carboxylic acids is 1. The first-order chi connectivity index (χ1) is 12.8. The molecule has 8 heteroatoms. The fraction of sp³-hybridized carbons (Fsp3) is 0.421. The highest BCUT2D eigenvalue weighted by atomic mass is 35.5. The van der Waals surface area contributed by atoms with E-state index in [-0.39, 0.29) is 11.2 Å². The van der Waals surface area contributed by atoms with Crippen LogP contribution in [0.1, 0.15) is 45.2 Å². The number of allylic oxidation sites excluding steroid dienone is 2. The SMILES string of the molecule is CCSc1nc2n(n1)C(c1ccc(Cl)cc1Cl)C1=C(CC(C)(C)CC1=O)N2. The minimum atomic E-state index is -0.400. The van der Waals surface area contributed by atoms with Gasteiger partial charge in [-0.25, -0.2) is 4.68 Å². The lowest BCUT2D eigenvalue weighted by molar-refractivity contribution is -0.118. The number of hydrogen-bond donors (Lipinski definition) is 1. The summed E-state index contributed by atoms with van der Waals surface area (Å²) in [6.45, 7) is 6.28. The van der Waals surface area contributed by atoms with Crippen molar-refractivity contribution in [3.05, 3.63) is 45.1 Å². The summed E-state index contributed by atoms with van der Waals surface area (Å²) in [5.41, 5.74) is 2.35. The number of rotatable bonds is 3. The van der Waals surface area contributed by atoms with Gasteiger partial charge in [-0.15, -0.1) is 5.10 Å². The third kappa shape index (κ3) is 3.39. The topological polar surface area (TPSA) is 59.8 Å². The number of carbonyl (C=O) groups is 1. The highest BCUT2D eigenvalue weighted by Gasteiger charge is 2.42. The maximum absolute atomic E-state index is 13.1. The van der Waals surface area contributed by atoms with Crippen LogP contribution < -0.4 is 5.32 Å². The van der Waals surface area contributed by atoms with Gasteiger partial charge >= 0.3 is 0 Å². The summed E-state index contributed by atoms with van der Waals surface area (Å²) in [4.78, 5) is 17.7. The lowest BCUT2D eigenvalue weighted by atomic mass is 9.73. The third-order valence-corrected chi connectivity index (χ3v) is 6.13. The van der Waals surface area contributed by atoms with Crippen LogP contribution >= 0.6 is 35.0 Å². The number of fused-ring (bicyclic) bond motifs is 1. The molecule has 0 spiro atoms. The molecule has 2 aromatic rings. The number of nitrogens with one attached hydrogen (secondary N) is 1. The monoisotopic (exact) mass is 422 g/mol. The number of halogens is 2. The van der Waals surface area contributed by atoms with E-state index in [1.165, 1.54) is 0 Å². The second kappa shape index (κ2) is 6.83. The van der Waals surface area contributed by atoms with E-state index >= 15 is 0 Å². The Morgan fingerprint density at radius 1 is 1.33 bits per heavy atom. The van der Waals surface area contributed by atoms with Crippen molar-refractivity contribution < 1.29 is 4.79 Å². The summed E-state index contributed by atoms with van der Waals surface area (Å²) >= 11 is 14.2. The van der Waals surface area contributed by atoms with Crippen LogP contribution in [0.2, 0.25) is 10.0 Å². The van der Waals surface area contributed by atoms with Crippen molar-refractivity contribution in [2.45, 2.75) is 44.8 Å². The number of benzene rings is 1. The Bertz CT molecular complexity index is 967. The Morgan fingerprint density at radius 3 is 2.81 bits per heavy atom. The van der Waals surface area contributed by atoms with E-state index in [4.69, 9.17) is 23.2 Å². The summed E-state index contributed by atoms with van der Waals surface area (Å²) in [5.74, 6) is 1.64. The van der Waals surface area contributed by atoms with Crippen LogP contribution in [0, 0.1) is 5.41 Å². The quantitative estimate of drug-likeness (QED) is 0.674. The fourth-order valence-electron chi connectivity index (χ4n) is 3.79. The molecule has 0 radical (unpaired) electrons. The zero-order valence-corrected chi connectivity index (χ0v) is 17.7.